The van der Waals surface area contributed by atoms with Crippen molar-refractivity contribution >= 4 is 16.0 Å². The summed E-state index contributed by atoms with van der Waals surface area (Å²) in [6.07, 6.45) is 1.34. The lowest BCUT2D eigenvalue weighted by Crippen LogP contribution is -2.35. The van der Waals surface area contributed by atoms with Gasteiger partial charge < -0.3 is 9.64 Å². The van der Waals surface area contributed by atoms with E-state index in [4.69, 9.17) is 0 Å². The van der Waals surface area contributed by atoms with E-state index in [9.17, 15) is 13.2 Å². The molecule has 1 rings (SSSR count). The summed E-state index contributed by atoms with van der Waals surface area (Å²) in [5.74, 6) is -0.347. The van der Waals surface area contributed by atoms with Crippen molar-refractivity contribution < 1.29 is 17.9 Å². The van der Waals surface area contributed by atoms with Crippen LogP contribution in [-0.4, -0.2) is 69.7 Å². The Labute approximate surface area is 109 Å². The van der Waals surface area contributed by atoms with Gasteiger partial charge in [-0.15, -0.1) is 0 Å². The van der Waals surface area contributed by atoms with Crippen LogP contribution in [0.4, 0.5) is 0 Å². The number of carbonyl (C=O) groups is 1. The van der Waals surface area contributed by atoms with Gasteiger partial charge in [0, 0.05) is 25.6 Å². The molecule has 106 valence electrons. The topological polar surface area (TPSA) is 66.9 Å². The Bertz CT molecular complexity index is 381. The number of esters is 1. The van der Waals surface area contributed by atoms with E-state index in [1.165, 1.54) is 11.4 Å². The van der Waals surface area contributed by atoms with Gasteiger partial charge in [-0.05, 0) is 26.9 Å². The third-order valence-electron chi connectivity index (χ3n) is 3.26. The molecular weight excluding hydrogens is 256 g/mol. The molecular formula is C11H22N2O4S. The van der Waals surface area contributed by atoms with Gasteiger partial charge in [0.2, 0.25) is 10.0 Å². The first-order valence-corrected chi connectivity index (χ1v) is 7.69. The molecule has 1 aliphatic rings. The van der Waals surface area contributed by atoms with Crippen molar-refractivity contribution in [3.8, 4) is 0 Å². The van der Waals surface area contributed by atoms with Crippen LogP contribution >= 0.6 is 0 Å². The van der Waals surface area contributed by atoms with Gasteiger partial charge in [-0.3, -0.25) is 4.79 Å². The lowest BCUT2D eigenvalue weighted by Gasteiger charge is -2.20. The highest BCUT2D eigenvalue weighted by molar-refractivity contribution is 7.89. The minimum absolute atomic E-state index is 0.0161. The normalized spacial score (nSPS) is 21.4. The molecule has 7 heteroatoms. The first kappa shape index (κ1) is 15.4. The summed E-state index contributed by atoms with van der Waals surface area (Å²) in [4.78, 5) is 13.0. The van der Waals surface area contributed by atoms with Gasteiger partial charge in [0.25, 0.3) is 0 Å². The SMILES string of the molecule is COC(=O)CCCS(=O)(=O)N1CCC(N(C)C)C1. The minimum Gasteiger partial charge on any atom is -0.469 e. The van der Waals surface area contributed by atoms with Crippen LogP contribution in [0.2, 0.25) is 0 Å². The summed E-state index contributed by atoms with van der Waals surface area (Å²) in [7, 11) is 1.99. The Morgan fingerprint density at radius 3 is 2.61 bits per heavy atom. The van der Waals surface area contributed by atoms with Gasteiger partial charge in [0.1, 0.15) is 0 Å². The predicted molar refractivity (Wildman–Crippen MR) is 68.7 cm³/mol. The fourth-order valence-corrected chi connectivity index (χ4v) is 3.56. The number of hydrogen-bond donors (Lipinski definition) is 0. The highest BCUT2D eigenvalue weighted by Crippen LogP contribution is 2.17. The average Bonchev–Trinajstić information content (AvgIpc) is 2.78. The maximum Gasteiger partial charge on any atom is 0.305 e. The standard InChI is InChI=1S/C11H22N2O4S/c1-12(2)10-6-7-13(9-10)18(15,16)8-4-5-11(14)17-3/h10H,4-9H2,1-3H3. The van der Waals surface area contributed by atoms with Gasteiger partial charge in [-0.2, -0.15) is 0 Å². The minimum atomic E-state index is -3.23. The number of nitrogens with zero attached hydrogens (tertiary/aromatic N) is 2. The van der Waals surface area contributed by atoms with Crippen LogP contribution in [0.3, 0.4) is 0 Å². The molecule has 0 amide bonds. The predicted octanol–water partition coefficient (Wildman–Crippen LogP) is -0.0947. The van der Waals surface area contributed by atoms with Gasteiger partial charge in [0.15, 0.2) is 0 Å². The van der Waals surface area contributed by atoms with Crippen molar-refractivity contribution in [2.24, 2.45) is 0 Å². The highest BCUT2D eigenvalue weighted by Gasteiger charge is 2.31. The Balaban J connectivity index is 2.43. The van der Waals surface area contributed by atoms with Gasteiger partial charge in [-0.25, -0.2) is 12.7 Å². The first-order chi connectivity index (χ1) is 8.36. The summed E-state index contributed by atoms with van der Waals surface area (Å²) in [5.41, 5.74) is 0. The summed E-state index contributed by atoms with van der Waals surface area (Å²) >= 11 is 0. The molecule has 0 radical (unpaired) electrons. The number of likely N-dealkylation sites (N-methyl/N-ethyl adjacent to an activating group) is 1. The molecule has 1 fully saturated rings. The van der Waals surface area contributed by atoms with Crippen LogP contribution in [-0.2, 0) is 19.6 Å². The largest absolute Gasteiger partial charge is 0.469 e. The van der Waals surface area contributed by atoms with Crippen LogP contribution in [0.1, 0.15) is 19.3 Å². The van der Waals surface area contributed by atoms with E-state index in [-0.39, 0.29) is 18.1 Å². The average molecular weight is 278 g/mol. The van der Waals surface area contributed by atoms with E-state index in [1.54, 1.807) is 0 Å². The smallest absolute Gasteiger partial charge is 0.305 e. The Kier molecular flexibility index (Phi) is 5.55. The van der Waals surface area contributed by atoms with Crippen LogP contribution in [0, 0.1) is 0 Å². The number of hydrogen-bond acceptors (Lipinski definition) is 5. The number of methoxy groups -OCH3 is 1. The van der Waals surface area contributed by atoms with E-state index < -0.39 is 10.0 Å². The van der Waals surface area contributed by atoms with Crippen molar-refractivity contribution in [3.05, 3.63) is 0 Å². The molecule has 0 aromatic rings. The summed E-state index contributed by atoms with van der Waals surface area (Å²) < 4.78 is 30.1. The Morgan fingerprint density at radius 1 is 1.44 bits per heavy atom. The van der Waals surface area contributed by atoms with Crippen molar-refractivity contribution in [2.45, 2.75) is 25.3 Å². The molecule has 0 bridgehead atoms. The highest BCUT2D eigenvalue weighted by atomic mass is 32.2. The van der Waals surface area contributed by atoms with Crippen molar-refractivity contribution in [1.29, 1.82) is 0 Å². The monoisotopic (exact) mass is 278 g/mol. The van der Waals surface area contributed by atoms with E-state index in [2.05, 4.69) is 4.74 Å². The zero-order chi connectivity index (χ0) is 13.8. The summed E-state index contributed by atoms with van der Waals surface area (Å²) in [6, 6.07) is 0.292. The molecule has 6 nitrogen and oxygen atoms in total. The number of rotatable bonds is 6. The van der Waals surface area contributed by atoms with E-state index >= 15 is 0 Å². The number of carbonyl (C=O) groups excluding carboxylic acids is 1. The second kappa shape index (κ2) is 6.49. The molecule has 0 saturated carbocycles. The van der Waals surface area contributed by atoms with E-state index in [0.717, 1.165) is 6.42 Å². The molecule has 0 aromatic heterocycles. The quantitative estimate of drug-likeness (QED) is 0.635. The Hall–Kier alpha value is -0.660. The molecule has 1 saturated heterocycles. The number of sulfonamides is 1. The third kappa shape index (κ3) is 4.22. The first-order valence-electron chi connectivity index (χ1n) is 6.08. The fraction of sp³-hybridized carbons (Fsp3) is 0.909. The molecule has 1 atom stereocenters. The molecule has 0 aliphatic carbocycles. The number of ether oxygens (including phenoxy) is 1. The zero-order valence-electron chi connectivity index (χ0n) is 11.3. The maximum atomic E-state index is 12.0. The molecule has 1 heterocycles. The van der Waals surface area contributed by atoms with E-state index in [1.807, 2.05) is 19.0 Å². The summed E-state index contributed by atoms with van der Waals surface area (Å²) in [5, 5.41) is 0. The van der Waals surface area contributed by atoms with Crippen LogP contribution < -0.4 is 0 Å². The second-order valence-corrected chi connectivity index (χ2v) is 6.85. The van der Waals surface area contributed by atoms with Crippen molar-refractivity contribution in [1.82, 2.24) is 9.21 Å². The van der Waals surface area contributed by atoms with Crippen molar-refractivity contribution in [3.63, 3.8) is 0 Å². The van der Waals surface area contributed by atoms with Crippen molar-refractivity contribution in [2.75, 3.05) is 40.0 Å². The second-order valence-electron chi connectivity index (χ2n) is 4.76. The molecule has 1 unspecified atom stereocenters. The van der Waals surface area contributed by atoms with Gasteiger partial charge >= 0.3 is 5.97 Å². The molecule has 0 aromatic carbocycles. The van der Waals surface area contributed by atoms with Gasteiger partial charge in [0.05, 0.1) is 12.9 Å². The zero-order valence-corrected chi connectivity index (χ0v) is 12.1. The fourth-order valence-electron chi connectivity index (χ4n) is 2.01. The lowest BCUT2D eigenvalue weighted by molar-refractivity contribution is -0.140. The third-order valence-corrected chi connectivity index (χ3v) is 5.18. The van der Waals surface area contributed by atoms with Gasteiger partial charge in [-0.1, -0.05) is 0 Å². The Morgan fingerprint density at radius 2 is 2.11 bits per heavy atom. The molecule has 0 N–H and O–H groups in total. The lowest BCUT2D eigenvalue weighted by atomic mass is 10.2. The molecule has 1 aliphatic heterocycles. The molecule has 0 spiro atoms. The van der Waals surface area contributed by atoms with Crippen LogP contribution in [0.25, 0.3) is 0 Å². The van der Waals surface area contributed by atoms with Crippen LogP contribution in [0.15, 0.2) is 0 Å². The summed E-state index contributed by atoms with van der Waals surface area (Å²) in [6.45, 7) is 1.12. The van der Waals surface area contributed by atoms with E-state index in [0.29, 0.717) is 25.6 Å². The molecule has 18 heavy (non-hydrogen) atoms. The maximum absolute atomic E-state index is 12.0. The van der Waals surface area contributed by atoms with Crippen LogP contribution in [0.5, 0.6) is 0 Å².